The average molecular weight is 349 g/mol. The minimum atomic E-state index is -0.136. The van der Waals surface area contributed by atoms with Gasteiger partial charge in [0.25, 0.3) is 0 Å². The molecule has 1 heterocycles. The number of ether oxygens (including phenoxy) is 1. The lowest BCUT2D eigenvalue weighted by Crippen LogP contribution is -2.33. The van der Waals surface area contributed by atoms with Crippen LogP contribution >= 0.6 is 23.1 Å². The smallest absolute Gasteiger partial charge is 0.237 e. The van der Waals surface area contributed by atoms with Crippen LogP contribution in [0.2, 0.25) is 0 Å². The van der Waals surface area contributed by atoms with Gasteiger partial charge in [0.2, 0.25) is 11.0 Å². The number of carbonyl (C=O) groups excluding carboxylic acids is 1. The second-order valence-corrected chi connectivity index (χ2v) is 6.55. The van der Waals surface area contributed by atoms with Crippen molar-refractivity contribution >= 4 is 39.8 Å². The van der Waals surface area contributed by atoms with Gasteiger partial charge in [-0.25, -0.2) is 0 Å². The molecule has 0 atom stereocenters. The summed E-state index contributed by atoms with van der Waals surface area (Å²) in [5, 5.41) is 16.8. The Balaban J connectivity index is 2.13. The zero-order valence-electron chi connectivity index (χ0n) is 12.4. The van der Waals surface area contributed by atoms with Gasteiger partial charge in [0.1, 0.15) is 5.75 Å². The van der Waals surface area contributed by atoms with Crippen LogP contribution in [0.1, 0.15) is 6.42 Å². The lowest BCUT2D eigenvalue weighted by Gasteiger charge is -2.23. The molecule has 0 aliphatic heterocycles. The van der Waals surface area contributed by atoms with Crippen molar-refractivity contribution < 1.29 is 9.53 Å². The van der Waals surface area contributed by atoms with Crippen molar-refractivity contribution in [3.63, 3.8) is 0 Å². The number of hydrogen-bond acceptors (Lipinski definition) is 8. The standard InChI is InChI=1S/C14H15N5O2S2/c1-21-11-6-3-2-5-10(11)19(8-4-7-15)12(20)9-22-14-18-17-13(16)23-14/h2-3,5-6H,4,8-9H2,1H3,(H2,16,17). The molecule has 0 aliphatic rings. The Morgan fingerprint density at radius 1 is 1.48 bits per heavy atom. The van der Waals surface area contributed by atoms with Gasteiger partial charge in [-0.15, -0.1) is 10.2 Å². The zero-order chi connectivity index (χ0) is 16.7. The number of aromatic nitrogens is 2. The fraction of sp³-hybridized carbons (Fsp3) is 0.286. The molecular weight excluding hydrogens is 334 g/mol. The summed E-state index contributed by atoms with van der Waals surface area (Å²) in [6, 6.07) is 9.28. The molecule has 0 radical (unpaired) electrons. The second-order valence-electron chi connectivity index (χ2n) is 4.32. The maximum absolute atomic E-state index is 12.6. The van der Waals surface area contributed by atoms with Crippen LogP contribution in [0.15, 0.2) is 28.6 Å². The minimum Gasteiger partial charge on any atom is -0.495 e. The van der Waals surface area contributed by atoms with Gasteiger partial charge in [-0.2, -0.15) is 5.26 Å². The van der Waals surface area contributed by atoms with Crippen LogP contribution in [0.5, 0.6) is 5.75 Å². The van der Waals surface area contributed by atoms with Gasteiger partial charge in [-0.05, 0) is 12.1 Å². The van der Waals surface area contributed by atoms with E-state index in [0.717, 1.165) is 0 Å². The van der Waals surface area contributed by atoms with Crippen LogP contribution in [0.4, 0.5) is 10.8 Å². The highest BCUT2D eigenvalue weighted by Crippen LogP contribution is 2.30. The molecule has 1 aromatic carbocycles. The number of rotatable bonds is 7. The van der Waals surface area contributed by atoms with Gasteiger partial charge in [-0.3, -0.25) is 4.79 Å². The van der Waals surface area contributed by atoms with E-state index >= 15 is 0 Å². The molecule has 9 heteroatoms. The van der Waals surface area contributed by atoms with Gasteiger partial charge in [0.05, 0.1) is 31.0 Å². The molecule has 7 nitrogen and oxygen atoms in total. The number of para-hydroxylation sites is 2. The van der Waals surface area contributed by atoms with E-state index in [-0.39, 0.29) is 18.1 Å². The first kappa shape index (κ1) is 17.1. The molecule has 0 aliphatic carbocycles. The SMILES string of the molecule is COc1ccccc1N(CCC#N)C(=O)CSc1nnc(N)s1. The maximum Gasteiger partial charge on any atom is 0.237 e. The molecule has 2 aromatic rings. The molecule has 2 rings (SSSR count). The Morgan fingerprint density at radius 2 is 2.26 bits per heavy atom. The Morgan fingerprint density at radius 3 is 2.91 bits per heavy atom. The number of nitrogens with two attached hydrogens (primary N) is 1. The summed E-state index contributed by atoms with van der Waals surface area (Å²) in [4.78, 5) is 14.1. The molecule has 0 unspecified atom stereocenters. The number of hydrogen-bond donors (Lipinski definition) is 1. The molecular formula is C14H15N5O2S2. The van der Waals surface area contributed by atoms with Crippen molar-refractivity contribution in [3.05, 3.63) is 24.3 Å². The molecule has 120 valence electrons. The normalized spacial score (nSPS) is 10.1. The molecule has 0 spiro atoms. The van der Waals surface area contributed by atoms with E-state index in [2.05, 4.69) is 16.3 Å². The Hall–Kier alpha value is -2.31. The molecule has 0 saturated carbocycles. The summed E-state index contributed by atoms with van der Waals surface area (Å²) in [6.45, 7) is 0.300. The second kappa shape index (κ2) is 8.36. The Labute approximate surface area is 142 Å². The third-order valence-corrected chi connectivity index (χ3v) is 4.74. The van der Waals surface area contributed by atoms with Gasteiger partial charge in [0.15, 0.2) is 4.34 Å². The van der Waals surface area contributed by atoms with Crippen molar-refractivity contribution in [2.24, 2.45) is 0 Å². The van der Waals surface area contributed by atoms with E-state index in [4.69, 9.17) is 15.7 Å². The first-order valence-corrected chi connectivity index (χ1v) is 8.48. The van der Waals surface area contributed by atoms with Gasteiger partial charge in [0, 0.05) is 6.54 Å². The van der Waals surface area contributed by atoms with Crippen LogP contribution in [-0.4, -0.2) is 35.5 Å². The summed E-state index contributed by atoms with van der Waals surface area (Å²) in [5.41, 5.74) is 6.17. The molecule has 1 aromatic heterocycles. The molecule has 0 bridgehead atoms. The van der Waals surface area contributed by atoms with E-state index in [1.54, 1.807) is 24.1 Å². The highest BCUT2D eigenvalue weighted by Gasteiger charge is 2.19. The Bertz CT molecular complexity index is 713. The minimum absolute atomic E-state index is 0.136. The quantitative estimate of drug-likeness (QED) is 0.764. The summed E-state index contributed by atoms with van der Waals surface area (Å²) in [6.07, 6.45) is 0.236. The maximum atomic E-state index is 12.6. The number of nitrogens with zero attached hydrogens (tertiary/aromatic N) is 4. The lowest BCUT2D eigenvalue weighted by molar-refractivity contribution is -0.116. The largest absolute Gasteiger partial charge is 0.495 e. The lowest BCUT2D eigenvalue weighted by atomic mass is 10.2. The average Bonchev–Trinajstić information content (AvgIpc) is 2.99. The zero-order valence-corrected chi connectivity index (χ0v) is 14.1. The van der Waals surface area contributed by atoms with Crippen molar-refractivity contribution in [1.29, 1.82) is 5.26 Å². The molecule has 0 saturated heterocycles. The molecule has 2 N–H and O–H groups in total. The molecule has 1 amide bonds. The van der Waals surface area contributed by atoms with E-state index < -0.39 is 0 Å². The number of amides is 1. The fourth-order valence-corrected chi connectivity index (χ4v) is 3.39. The number of benzene rings is 1. The van der Waals surface area contributed by atoms with Gasteiger partial charge >= 0.3 is 0 Å². The van der Waals surface area contributed by atoms with E-state index in [9.17, 15) is 4.79 Å². The van der Waals surface area contributed by atoms with E-state index in [0.29, 0.717) is 27.5 Å². The predicted octanol–water partition coefficient (Wildman–Crippen LogP) is 2.17. The number of anilines is 2. The van der Waals surface area contributed by atoms with Crippen molar-refractivity contribution in [2.45, 2.75) is 10.8 Å². The van der Waals surface area contributed by atoms with Crippen LogP contribution < -0.4 is 15.4 Å². The first-order valence-electron chi connectivity index (χ1n) is 6.67. The van der Waals surface area contributed by atoms with Gasteiger partial charge in [-0.1, -0.05) is 35.2 Å². The summed E-state index contributed by atoms with van der Waals surface area (Å²) in [7, 11) is 1.55. The highest BCUT2D eigenvalue weighted by molar-refractivity contribution is 8.01. The van der Waals surface area contributed by atoms with E-state index in [1.807, 2.05) is 12.1 Å². The van der Waals surface area contributed by atoms with E-state index in [1.165, 1.54) is 23.1 Å². The van der Waals surface area contributed by atoms with Crippen molar-refractivity contribution in [3.8, 4) is 11.8 Å². The number of thioether (sulfide) groups is 1. The monoisotopic (exact) mass is 349 g/mol. The van der Waals surface area contributed by atoms with Crippen LogP contribution in [0.3, 0.4) is 0 Å². The highest BCUT2D eigenvalue weighted by atomic mass is 32.2. The first-order chi connectivity index (χ1) is 11.2. The van der Waals surface area contributed by atoms with Crippen molar-refractivity contribution in [1.82, 2.24) is 10.2 Å². The molecule has 23 heavy (non-hydrogen) atoms. The topological polar surface area (TPSA) is 105 Å². The number of methoxy groups -OCH3 is 1. The third-order valence-electron chi connectivity index (χ3n) is 2.87. The van der Waals surface area contributed by atoms with Gasteiger partial charge < -0.3 is 15.4 Å². The third kappa shape index (κ3) is 4.58. The number of nitrogen functional groups attached to an aromatic ring is 1. The summed E-state index contributed by atoms with van der Waals surface area (Å²) < 4.78 is 5.94. The number of carbonyl (C=O) groups is 1. The fourth-order valence-electron chi connectivity index (χ4n) is 1.87. The van der Waals surface area contributed by atoms with Crippen LogP contribution in [0, 0.1) is 11.3 Å². The summed E-state index contributed by atoms with van der Waals surface area (Å²) >= 11 is 2.50. The predicted molar refractivity (Wildman–Crippen MR) is 90.6 cm³/mol. The van der Waals surface area contributed by atoms with Crippen LogP contribution in [0.25, 0.3) is 0 Å². The van der Waals surface area contributed by atoms with Crippen molar-refractivity contribution in [2.75, 3.05) is 30.0 Å². The number of nitriles is 1. The van der Waals surface area contributed by atoms with Crippen LogP contribution in [-0.2, 0) is 4.79 Å². The summed E-state index contributed by atoms with van der Waals surface area (Å²) in [5.74, 6) is 0.630. The molecule has 0 fully saturated rings. The Kier molecular flexibility index (Phi) is 6.19.